The fourth-order valence-electron chi connectivity index (χ4n) is 1.28. The normalized spacial score (nSPS) is 27.1. The van der Waals surface area contributed by atoms with Crippen molar-refractivity contribution in [2.24, 2.45) is 0 Å². The van der Waals surface area contributed by atoms with Gasteiger partial charge in [0.25, 0.3) is 0 Å². The Balaban J connectivity index is 2.51. The van der Waals surface area contributed by atoms with Crippen LogP contribution < -0.4 is 0 Å². The van der Waals surface area contributed by atoms with E-state index in [9.17, 15) is 4.79 Å². The zero-order valence-corrected chi connectivity index (χ0v) is 8.12. The van der Waals surface area contributed by atoms with Crippen molar-refractivity contribution in [3.63, 3.8) is 0 Å². The molecule has 1 aliphatic heterocycles. The second kappa shape index (κ2) is 3.64. The van der Waals surface area contributed by atoms with Crippen LogP contribution in [0.1, 0.15) is 13.3 Å². The van der Waals surface area contributed by atoms with Crippen molar-refractivity contribution in [1.82, 2.24) is 4.90 Å². The van der Waals surface area contributed by atoms with E-state index in [-0.39, 0.29) is 11.5 Å². The maximum atomic E-state index is 10.8. The van der Waals surface area contributed by atoms with Crippen molar-refractivity contribution < 1.29 is 9.53 Å². The molecule has 0 amide bonds. The molecule has 1 atom stereocenters. The summed E-state index contributed by atoms with van der Waals surface area (Å²) in [7, 11) is 1.37. The van der Waals surface area contributed by atoms with E-state index >= 15 is 0 Å². The third-order valence-corrected chi connectivity index (χ3v) is 2.55. The second-order valence-electron chi connectivity index (χ2n) is 3.34. The largest absolute Gasteiger partial charge is 0.466 e. The predicted molar refractivity (Wildman–Crippen MR) is 51.1 cm³/mol. The summed E-state index contributed by atoms with van der Waals surface area (Å²) in [6, 6.07) is 0. The first-order valence-corrected chi connectivity index (χ1v) is 4.29. The molecular formula is C10H15NO2. The lowest BCUT2D eigenvalue weighted by Crippen LogP contribution is -2.53. The van der Waals surface area contributed by atoms with E-state index in [0.29, 0.717) is 0 Å². The molecule has 0 aliphatic carbocycles. The molecule has 0 aromatic heterocycles. The van der Waals surface area contributed by atoms with Crippen molar-refractivity contribution in [3.05, 3.63) is 24.9 Å². The number of ether oxygens (including phenoxy) is 1. The fraction of sp³-hybridized carbons (Fsp3) is 0.500. The Morgan fingerprint density at radius 2 is 2.38 bits per heavy atom. The van der Waals surface area contributed by atoms with Gasteiger partial charge in [0.2, 0.25) is 0 Å². The van der Waals surface area contributed by atoms with Gasteiger partial charge >= 0.3 is 5.97 Å². The maximum Gasteiger partial charge on any atom is 0.331 e. The zero-order valence-electron chi connectivity index (χ0n) is 8.12. The topological polar surface area (TPSA) is 29.5 Å². The molecule has 1 saturated heterocycles. The van der Waals surface area contributed by atoms with Gasteiger partial charge in [0.1, 0.15) is 0 Å². The molecule has 1 fully saturated rings. The minimum atomic E-state index is -0.321. The number of carbonyl (C=O) groups excluding carboxylic acids is 1. The van der Waals surface area contributed by atoms with Crippen LogP contribution in [0.5, 0.6) is 0 Å². The first-order valence-electron chi connectivity index (χ1n) is 4.29. The summed E-state index contributed by atoms with van der Waals surface area (Å²) in [6.07, 6.45) is 6.18. The molecule has 1 rings (SSSR count). The Bertz CT molecular complexity index is 247. The number of hydrogen-bond donors (Lipinski definition) is 0. The number of rotatable bonds is 3. The van der Waals surface area contributed by atoms with E-state index in [4.69, 9.17) is 0 Å². The van der Waals surface area contributed by atoms with Crippen LogP contribution in [0, 0.1) is 0 Å². The predicted octanol–water partition coefficient (Wildman–Crippen LogP) is 1.32. The Kier molecular flexibility index (Phi) is 2.76. The number of nitrogens with zero attached hydrogens (tertiary/aromatic N) is 1. The molecule has 1 unspecified atom stereocenters. The molecule has 0 bridgehead atoms. The summed E-state index contributed by atoms with van der Waals surface area (Å²) in [4.78, 5) is 12.9. The lowest BCUT2D eigenvalue weighted by Gasteiger charge is -2.48. The van der Waals surface area contributed by atoms with Crippen LogP contribution >= 0.6 is 0 Å². The van der Waals surface area contributed by atoms with Crippen LogP contribution in [0.2, 0.25) is 0 Å². The van der Waals surface area contributed by atoms with Gasteiger partial charge in [0.05, 0.1) is 12.6 Å². The van der Waals surface area contributed by atoms with Gasteiger partial charge in [-0.25, -0.2) is 4.79 Å². The number of methoxy groups -OCH3 is 1. The third-order valence-electron chi connectivity index (χ3n) is 2.55. The molecule has 0 saturated carbocycles. The molecule has 72 valence electrons. The maximum absolute atomic E-state index is 10.8. The lowest BCUT2D eigenvalue weighted by atomic mass is 9.87. The van der Waals surface area contributed by atoms with Gasteiger partial charge in [-0.2, -0.15) is 0 Å². The summed E-state index contributed by atoms with van der Waals surface area (Å²) >= 11 is 0. The van der Waals surface area contributed by atoms with E-state index in [2.05, 4.69) is 23.1 Å². The minimum Gasteiger partial charge on any atom is -0.466 e. The molecule has 0 N–H and O–H groups in total. The third kappa shape index (κ3) is 1.91. The van der Waals surface area contributed by atoms with E-state index < -0.39 is 0 Å². The first kappa shape index (κ1) is 9.84. The summed E-state index contributed by atoms with van der Waals surface area (Å²) in [5, 5.41) is 0. The van der Waals surface area contributed by atoms with E-state index in [1.54, 1.807) is 6.20 Å². The quantitative estimate of drug-likeness (QED) is 0.373. The molecule has 0 aromatic rings. The second-order valence-corrected chi connectivity index (χ2v) is 3.34. The van der Waals surface area contributed by atoms with Gasteiger partial charge in [0.15, 0.2) is 0 Å². The van der Waals surface area contributed by atoms with Gasteiger partial charge in [0, 0.05) is 18.8 Å². The highest BCUT2D eigenvalue weighted by Gasteiger charge is 2.35. The van der Waals surface area contributed by atoms with E-state index in [0.717, 1.165) is 13.0 Å². The van der Waals surface area contributed by atoms with Gasteiger partial charge in [-0.1, -0.05) is 6.08 Å². The van der Waals surface area contributed by atoms with Crippen LogP contribution in [0.4, 0.5) is 0 Å². The Hall–Kier alpha value is -1.25. The van der Waals surface area contributed by atoms with Crippen molar-refractivity contribution in [2.75, 3.05) is 13.7 Å². The molecule has 1 heterocycles. The van der Waals surface area contributed by atoms with Crippen molar-refractivity contribution >= 4 is 5.97 Å². The SMILES string of the molecule is C=CC1(C)CCN1/C=C/C(=O)OC. The highest BCUT2D eigenvalue weighted by molar-refractivity contribution is 5.81. The molecule has 0 radical (unpaired) electrons. The number of hydrogen-bond acceptors (Lipinski definition) is 3. The standard InChI is InChI=1S/C10H15NO2/c1-4-10(2)6-8-11(10)7-5-9(12)13-3/h4-5,7H,1,6,8H2,2-3H3/b7-5+. The van der Waals surface area contributed by atoms with Gasteiger partial charge in [-0.3, -0.25) is 0 Å². The zero-order chi connectivity index (χ0) is 9.90. The molecule has 13 heavy (non-hydrogen) atoms. The van der Waals surface area contributed by atoms with Crippen LogP contribution in [-0.2, 0) is 9.53 Å². The average molecular weight is 181 g/mol. The summed E-state index contributed by atoms with van der Waals surface area (Å²) < 4.78 is 4.49. The summed E-state index contributed by atoms with van der Waals surface area (Å²) in [6.45, 7) is 6.82. The van der Waals surface area contributed by atoms with Crippen LogP contribution in [-0.4, -0.2) is 30.1 Å². The van der Waals surface area contributed by atoms with Crippen LogP contribution in [0.15, 0.2) is 24.9 Å². The lowest BCUT2D eigenvalue weighted by molar-refractivity contribution is -0.134. The number of carbonyl (C=O) groups is 1. The molecule has 0 aromatic carbocycles. The smallest absolute Gasteiger partial charge is 0.331 e. The molecule has 0 spiro atoms. The molecule has 3 heteroatoms. The van der Waals surface area contributed by atoms with Gasteiger partial charge < -0.3 is 9.64 Å². The van der Waals surface area contributed by atoms with E-state index in [1.807, 2.05) is 6.08 Å². The Morgan fingerprint density at radius 1 is 1.69 bits per heavy atom. The van der Waals surface area contributed by atoms with Crippen molar-refractivity contribution in [2.45, 2.75) is 18.9 Å². The summed E-state index contributed by atoms with van der Waals surface area (Å²) in [5.41, 5.74) is 0.0184. The first-order chi connectivity index (χ1) is 6.12. The molecular weight excluding hydrogens is 166 g/mol. The van der Waals surface area contributed by atoms with Gasteiger partial charge in [-0.15, -0.1) is 6.58 Å². The van der Waals surface area contributed by atoms with Crippen molar-refractivity contribution in [3.8, 4) is 0 Å². The average Bonchev–Trinajstić information content (AvgIpc) is 2.14. The highest BCUT2D eigenvalue weighted by Crippen LogP contribution is 2.31. The Morgan fingerprint density at radius 3 is 2.77 bits per heavy atom. The number of likely N-dealkylation sites (tertiary alicyclic amines) is 1. The highest BCUT2D eigenvalue weighted by atomic mass is 16.5. The fourth-order valence-corrected chi connectivity index (χ4v) is 1.28. The Labute approximate surface area is 78.7 Å². The van der Waals surface area contributed by atoms with E-state index in [1.165, 1.54) is 13.2 Å². The molecule has 3 nitrogen and oxygen atoms in total. The van der Waals surface area contributed by atoms with Gasteiger partial charge in [-0.05, 0) is 13.3 Å². The monoisotopic (exact) mass is 181 g/mol. The van der Waals surface area contributed by atoms with Crippen LogP contribution in [0.3, 0.4) is 0 Å². The minimum absolute atomic E-state index is 0.0184. The van der Waals surface area contributed by atoms with Crippen molar-refractivity contribution in [1.29, 1.82) is 0 Å². The van der Waals surface area contributed by atoms with Crippen LogP contribution in [0.25, 0.3) is 0 Å². The summed E-state index contributed by atoms with van der Waals surface area (Å²) in [5.74, 6) is -0.321. The number of esters is 1. The molecule has 1 aliphatic rings.